The van der Waals surface area contributed by atoms with Gasteiger partial charge >= 0.3 is 8.80 Å². The molecule has 0 fully saturated rings. The van der Waals surface area contributed by atoms with E-state index in [1.807, 2.05) is 0 Å². The zero-order valence-corrected chi connectivity index (χ0v) is 29.4. The number of quaternary nitrogens is 1. The molecule has 0 aliphatic rings. The van der Waals surface area contributed by atoms with E-state index in [2.05, 4.69) is 41.5 Å². The molecule has 0 unspecified atom stereocenters. The first-order chi connectivity index (χ1) is 18.6. The number of halogens is 1. The molecule has 4 nitrogen and oxygen atoms in total. The van der Waals surface area contributed by atoms with E-state index in [0.717, 1.165) is 12.5 Å². The van der Waals surface area contributed by atoms with Crippen molar-refractivity contribution in [1.82, 2.24) is 0 Å². The molecule has 0 aliphatic heterocycles. The zero-order valence-electron chi connectivity index (χ0n) is 27.6. The Bertz CT molecular complexity index is 461. The molecule has 0 radical (unpaired) electrons. The lowest BCUT2D eigenvalue weighted by atomic mass is 10.0. The van der Waals surface area contributed by atoms with E-state index in [9.17, 15) is 0 Å². The second-order valence-corrected chi connectivity index (χ2v) is 14.4. The summed E-state index contributed by atoms with van der Waals surface area (Å²) >= 11 is 0. The van der Waals surface area contributed by atoms with Crippen LogP contribution < -0.4 is 12.4 Å². The summed E-state index contributed by atoms with van der Waals surface area (Å²) in [5.74, 6) is 0. The topological polar surface area (TPSA) is 27.7 Å². The molecule has 0 bridgehead atoms. The van der Waals surface area contributed by atoms with Crippen LogP contribution in [-0.2, 0) is 13.3 Å². The van der Waals surface area contributed by atoms with Crippen LogP contribution in [0.3, 0.4) is 0 Å². The van der Waals surface area contributed by atoms with Crippen molar-refractivity contribution in [1.29, 1.82) is 0 Å². The molecule has 0 aliphatic carbocycles. The summed E-state index contributed by atoms with van der Waals surface area (Å²) in [5, 5.41) is 0. The number of nitrogens with zero attached hydrogens (tertiary/aromatic N) is 1. The minimum atomic E-state index is -2.53. The number of unbranched alkanes of at least 4 members (excludes halogenated alkanes) is 15. The van der Waals surface area contributed by atoms with Gasteiger partial charge in [0.25, 0.3) is 0 Å². The lowest BCUT2D eigenvalue weighted by Gasteiger charge is -2.39. The van der Waals surface area contributed by atoms with Crippen LogP contribution in [0.25, 0.3) is 0 Å². The van der Waals surface area contributed by atoms with E-state index in [-0.39, 0.29) is 12.4 Å². The van der Waals surface area contributed by atoms with Gasteiger partial charge < -0.3 is 30.2 Å². The Hall–Kier alpha value is 0.347. The van der Waals surface area contributed by atoms with Crippen LogP contribution in [0.15, 0.2) is 0 Å². The van der Waals surface area contributed by atoms with E-state index in [1.54, 1.807) is 0 Å². The molecule has 238 valence electrons. The molecule has 0 aromatic rings. The fourth-order valence-electron chi connectivity index (χ4n) is 6.25. The van der Waals surface area contributed by atoms with Crippen molar-refractivity contribution >= 4 is 8.80 Å². The number of hydrogen-bond acceptors (Lipinski definition) is 3. The number of hydrogen-bond donors (Lipinski definition) is 0. The SMILES string of the molecule is CCCCCCCCCCCCCCCCCC[N+](CCC)(CCC)CCC[Si](OCC)(OCC)OCC.[Cl-]. The predicted octanol–water partition coefficient (Wildman–Crippen LogP) is 7.33. The third kappa shape index (κ3) is 22.6. The van der Waals surface area contributed by atoms with Gasteiger partial charge in [-0.2, -0.15) is 0 Å². The largest absolute Gasteiger partial charge is 1.00 e. The second kappa shape index (κ2) is 29.8. The third-order valence-electron chi connectivity index (χ3n) is 8.09. The van der Waals surface area contributed by atoms with Crippen LogP contribution in [0.1, 0.15) is 164 Å². The van der Waals surface area contributed by atoms with Crippen molar-refractivity contribution < 1.29 is 30.2 Å². The summed E-state index contributed by atoms with van der Waals surface area (Å²) in [6.07, 6.45) is 26.7. The molecule has 0 rings (SSSR count). The van der Waals surface area contributed by atoms with Crippen molar-refractivity contribution in [3.63, 3.8) is 0 Å². The Morgan fingerprint density at radius 3 is 1.05 bits per heavy atom. The average Bonchev–Trinajstić information content (AvgIpc) is 2.89. The summed E-state index contributed by atoms with van der Waals surface area (Å²) in [6.45, 7) is 20.4. The monoisotopic (exact) mass is 593 g/mol. The zero-order chi connectivity index (χ0) is 28.2. The fraction of sp³-hybridized carbons (Fsp3) is 1.00. The van der Waals surface area contributed by atoms with Gasteiger partial charge in [0, 0.05) is 32.3 Å². The van der Waals surface area contributed by atoms with Gasteiger partial charge in [-0.1, -0.05) is 111 Å². The van der Waals surface area contributed by atoms with E-state index in [4.69, 9.17) is 13.3 Å². The lowest BCUT2D eigenvalue weighted by molar-refractivity contribution is -0.928. The molecule has 0 amide bonds. The quantitative estimate of drug-likeness (QED) is 0.0478. The van der Waals surface area contributed by atoms with Crippen LogP contribution >= 0.6 is 0 Å². The highest BCUT2D eigenvalue weighted by Crippen LogP contribution is 2.22. The molecule has 0 aromatic heterocycles. The van der Waals surface area contributed by atoms with Gasteiger partial charge in [0.2, 0.25) is 0 Å². The lowest BCUT2D eigenvalue weighted by Crippen LogP contribution is -3.00. The van der Waals surface area contributed by atoms with E-state index in [1.165, 1.54) is 146 Å². The summed E-state index contributed by atoms with van der Waals surface area (Å²) in [6, 6.07) is 0.953. The predicted molar refractivity (Wildman–Crippen MR) is 170 cm³/mol. The van der Waals surface area contributed by atoms with Crippen molar-refractivity contribution in [2.24, 2.45) is 0 Å². The molecule has 0 aromatic carbocycles. The third-order valence-corrected chi connectivity index (χ3v) is 11.2. The van der Waals surface area contributed by atoms with E-state index >= 15 is 0 Å². The van der Waals surface area contributed by atoms with Crippen LogP contribution in [0.2, 0.25) is 6.04 Å². The van der Waals surface area contributed by atoms with Crippen LogP contribution in [0.5, 0.6) is 0 Å². The summed E-state index contributed by atoms with van der Waals surface area (Å²) in [5.41, 5.74) is 0. The maximum Gasteiger partial charge on any atom is 0.501 e. The first-order valence-electron chi connectivity index (χ1n) is 17.3. The highest BCUT2D eigenvalue weighted by Gasteiger charge is 2.40. The Labute approximate surface area is 254 Å². The van der Waals surface area contributed by atoms with Crippen LogP contribution in [0, 0.1) is 0 Å². The average molecular weight is 594 g/mol. The smallest absolute Gasteiger partial charge is 0.501 e. The molecule has 0 heterocycles. The van der Waals surface area contributed by atoms with Gasteiger partial charge in [-0.25, -0.2) is 0 Å². The van der Waals surface area contributed by atoms with Crippen molar-refractivity contribution in [2.45, 2.75) is 170 Å². The Morgan fingerprint density at radius 1 is 0.385 bits per heavy atom. The first-order valence-corrected chi connectivity index (χ1v) is 19.3. The maximum absolute atomic E-state index is 6.13. The standard InChI is InChI=1S/C33H72NO3Si.ClH/c1-7-13-14-15-16-17-18-19-20-21-22-23-24-25-26-27-31-34(29-8-2,30-9-3)32-28-33-38(35-10-4,36-11-5)37-12-6;/h7-33H2,1-6H3;1H/q+1;/p-1. The van der Waals surface area contributed by atoms with Crippen LogP contribution in [0.4, 0.5) is 0 Å². The highest BCUT2D eigenvalue weighted by atomic mass is 35.5. The maximum atomic E-state index is 6.13. The first kappa shape index (κ1) is 41.5. The normalized spacial score (nSPS) is 12.2. The molecule has 0 saturated heterocycles. The minimum absolute atomic E-state index is 0. The molecule has 0 atom stereocenters. The van der Waals surface area contributed by atoms with Gasteiger partial charge in [0.15, 0.2) is 0 Å². The Kier molecular flexibility index (Phi) is 31.7. The van der Waals surface area contributed by atoms with E-state index < -0.39 is 8.80 Å². The fourth-order valence-corrected chi connectivity index (χ4v) is 8.84. The minimum Gasteiger partial charge on any atom is -1.00 e. The van der Waals surface area contributed by atoms with Crippen LogP contribution in [-0.4, -0.2) is 59.3 Å². The second-order valence-electron chi connectivity index (χ2n) is 11.6. The van der Waals surface area contributed by atoms with Gasteiger partial charge in [0.05, 0.1) is 26.2 Å². The Balaban J connectivity index is 0. The molecule has 0 N–H and O–H groups in total. The summed E-state index contributed by atoms with van der Waals surface area (Å²) < 4.78 is 19.7. The van der Waals surface area contributed by atoms with E-state index in [0.29, 0.717) is 19.8 Å². The van der Waals surface area contributed by atoms with Crippen molar-refractivity contribution in [2.75, 3.05) is 46.0 Å². The van der Waals surface area contributed by atoms with Crippen molar-refractivity contribution in [3.05, 3.63) is 0 Å². The van der Waals surface area contributed by atoms with Gasteiger partial charge in [-0.15, -0.1) is 0 Å². The summed E-state index contributed by atoms with van der Waals surface area (Å²) in [7, 11) is -2.53. The molecule has 0 saturated carbocycles. The van der Waals surface area contributed by atoms with Crippen molar-refractivity contribution in [3.8, 4) is 0 Å². The molecular weight excluding hydrogens is 522 g/mol. The number of rotatable bonds is 31. The molecule has 39 heavy (non-hydrogen) atoms. The summed E-state index contributed by atoms with van der Waals surface area (Å²) in [4.78, 5) is 0. The highest BCUT2D eigenvalue weighted by molar-refractivity contribution is 6.60. The van der Waals surface area contributed by atoms with Gasteiger partial charge in [-0.3, -0.25) is 0 Å². The van der Waals surface area contributed by atoms with Gasteiger partial charge in [0.1, 0.15) is 0 Å². The van der Waals surface area contributed by atoms with Gasteiger partial charge in [-0.05, 0) is 46.5 Å². The Morgan fingerprint density at radius 2 is 0.718 bits per heavy atom. The molecule has 0 spiro atoms. The molecule has 6 heteroatoms. The molecular formula is C33H72ClNO3Si.